The van der Waals surface area contributed by atoms with Crippen molar-refractivity contribution in [3.63, 3.8) is 0 Å². The third-order valence-electron chi connectivity index (χ3n) is 7.53. The number of halogens is 21. The fraction of sp³-hybridized carbons (Fsp3) is 0. The quantitative estimate of drug-likeness (QED) is 0.0725. The summed E-state index contributed by atoms with van der Waals surface area (Å²) in [7, 11) is -4.16. The van der Waals surface area contributed by atoms with Crippen LogP contribution < -0.4 is 14.0 Å². The molecule has 0 aromatic heterocycles. The largest absolute Gasteiger partial charge is 0.864 e. The predicted molar refractivity (Wildman–Crippen MR) is 139 cm³/mol. The van der Waals surface area contributed by atoms with Crippen LogP contribution in [0.3, 0.4) is 0 Å². The van der Waals surface area contributed by atoms with Crippen LogP contribution in [0.1, 0.15) is 0 Å². The molecule has 288 valence electrons. The average Bonchev–Trinajstić information content (AvgIpc) is 3.15. The molecule has 0 radical (unpaired) electrons. The van der Waals surface area contributed by atoms with Crippen LogP contribution in [0.4, 0.5) is 92.2 Å². The number of benzene rings is 6. The molecule has 0 saturated heterocycles. The molecule has 0 amide bonds. The lowest BCUT2D eigenvalue weighted by molar-refractivity contribution is 0.264. The highest BCUT2D eigenvalue weighted by Crippen LogP contribution is 2.42. The van der Waals surface area contributed by atoms with E-state index in [4.69, 9.17) is 0 Å². The minimum atomic E-state index is -4.16. The summed E-state index contributed by atoms with van der Waals surface area (Å²) in [6, 6.07) is 0. The Morgan fingerprint density at radius 3 is 0.509 bits per heavy atom. The van der Waals surface area contributed by atoms with Gasteiger partial charge >= 0.3 is 7.32 Å². The molecule has 0 heterocycles. The molecule has 0 saturated carbocycles. The van der Waals surface area contributed by atoms with Gasteiger partial charge in [0.25, 0.3) is 0 Å². The highest BCUT2D eigenvalue weighted by atomic mass is 19.2. The second-order valence-corrected chi connectivity index (χ2v) is 10.5. The zero-order valence-corrected chi connectivity index (χ0v) is 24.7. The lowest BCUT2D eigenvalue weighted by Gasteiger charge is -2.21. The van der Waals surface area contributed by atoms with Gasteiger partial charge in [0, 0.05) is 0 Å². The smallest absolute Gasteiger partial charge is 0.484 e. The highest BCUT2D eigenvalue weighted by Gasteiger charge is 2.43. The lowest BCUT2D eigenvalue weighted by atomic mass is 10.0. The molecule has 0 bridgehead atoms. The van der Waals surface area contributed by atoms with Crippen LogP contribution in [0, 0.1) is 122 Å². The van der Waals surface area contributed by atoms with E-state index in [1.807, 2.05) is 0 Å². The second kappa shape index (κ2) is 13.1. The van der Waals surface area contributed by atoms with Gasteiger partial charge < -0.3 is 14.0 Å². The molecule has 0 spiro atoms. The molecule has 0 aliphatic carbocycles. The summed E-state index contributed by atoms with van der Waals surface area (Å²) in [5.41, 5.74) is 0. The zero-order valence-electron chi connectivity index (χ0n) is 24.7. The summed E-state index contributed by atoms with van der Waals surface area (Å²) in [5.74, 6) is -69.8. The van der Waals surface area contributed by atoms with Crippen molar-refractivity contribution in [3.8, 4) is 17.2 Å². The Morgan fingerprint density at radius 1 is 0.182 bits per heavy atom. The van der Waals surface area contributed by atoms with Gasteiger partial charge in [0.2, 0.25) is 17.5 Å². The maximum Gasteiger partial charge on any atom is 0.864 e. The fourth-order valence-electron chi connectivity index (χ4n) is 5.06. The van der Waals surface area contributed by atoms with Gasteiger partial charge in [-0.1, -0.05) is 0 Å². The normalized spacial score (nSPS) is 11.7. The van der Waals surface area contributed by atoms with Crippen molar-refractivity contribution in [3.05, 3.63) is 122 Å². The van der Waals surface area contributed by atoms with Gasteiger partial charge in [-0.3, -0.25) is 0 Å². The highest BCUT2D eigenvalue weighted by molar-refractivity contribution is 6.39. The van der Waals surface area contributed by atoms with Crippen LogP contribution >= 0.6 is 0 Å². The molecule has 6 aromatic carbocycles. The van der Waals surface area contributed by atoms with E-state index >= 15 is 26.3 Å². The van der Waals surface area contributed by atoms with Crippen molar-refractivity contribution in [1.82, 2.24) is 0 Å². The molecule has 6 aromatic rings. The maximum absolute atomic E-state index is 15.4. The van der Waals surface area contributed by atoms with E-state index in [1.54, 1.807) is 0 Å². The van der Waals surface area contributed by atoms with Gasteiger partial charge in [-0.2, -0.15) is 13.2 Å². The number of hydrogen-bond acceptors (Lipinski definition) is 3. The Morgan fingerprint density at radius 2 is 0.327 bits per heavy atom. The van der Waals surface area contributed by atoms with Crippen LogP contribution in [0.5, 0.6) is 17.2 Å². The Hall–Kier alpha value is -5.91. The number of fused-ring (bicyclic) bond motifs is 3. The number of hydrogen-bond donors (Lipinski definition) is 0. The van der Waals surface area contributed by atoms with Crippen LogP contribution in [0.15, 0.2) is 0 Å². The van der Waals surface area contributed by atoms with Crippen molar-refractivity contribution in [2.75, 3.05) is 0 Å². The topological polar surface area (TPSA) is 27.7 Å². The molecule has 0 N–H and O–H groups in total. The maximum atomic E-state index is 15.4. The molecule has 0 atom stereocenters. The van der Waals surface area contributed by atoms with E-state index in [-0.39, 0.29) is 0 Å². The molecule has 0 aliphatic rings. The van der Waals surface area contributed by atoms with Crippen LogP contribution in [0.2, 0.25) is 0 Å². The van der Waals surface area contributed by atoms with E-state index in [9.17, 15) is 65.9 Å². The molecule has 0 unspecified atom stereocenters. The Kier molecular flexibility index (Phi) is 9.27. The molecule has 6 rings (SSSR count). The summed E-state index contributed by atoms with van der Waals surface area (Å²) in [4.78, 5) is 0. The minimum absolute atomic E-state index is 2.38. The first kappa shape index (κ1) is 38.8. The number of rotatable bonds is 6. The van der Waals surface area contributed by atoms with Gasteiger partial charge in [0.15, 0.2) is 122 Å². The SMILES string of the molecule is Fc1c(F)c(F)c2c(F)c(OB(Oc3c(F)c(F)c4c(F)c(F)c(F)c(F)c4c3F)Oc3c(F)c(F)c4c(F)c(F)c(F)c(F)c4c3F)c(F)c(F)c2c1F. The first-order valence-corrected chi connectivity index (χ1v) is 13.5. The van der Waals surface area contributed by atoms with E-state index in [1.165, 1.54) is 0 Å². The summed E-state index contributed by atoms with van der Waals surface area (Å²) in [6.45, 7) is 0. The van der Waals surface area contributed by atoms with Crippen molar-refractivity contribution < 1.29 is 106 Å². The fourth-order valence-corrected chi connectivity index (χ4v) is 5.06. The van der Waals surface area contributed by atoms with Crippen LogP contribution in [-0.4, -0.2) is 7.32 Å². The third-order valence-corrected chi connectivity index (χ3v) is 7.53. The second-order valence-electron chi connectivity index (χ2n) is 10.5. The zero-order chi connectivity index (χ0) is 41.0. The predicted octanol–water partition coefficient (Wildman–Crippen LogP) is 10.6. The first-order valence-electron chi connectivity index (χ1n) is 13.5. The molecule has 25 heteroatoms. The van der Waals surface area contributed by atoms with Crippen molar-refractivity contribution in [2.24, 2.45) is 0 Å². The van der Waals surface area contributed by atoms with Gasteiger partial charge in [-0.15, -0.1) is 0 Å². The summed E-state index contributed by atoms with van der Waals surface area (Å²) < 4.78 is 318. The standard InChI is InChI=1S/C30BF21O3/c32-7-1-4(10(35)22(47)19(7)44)16(41)28(25(50)13(1)38)53-31(54-29-17(42)5-2(14(39)26(29)51)8(33)20(45)23(48)11(5)36)55-30-18(43)6-3(15(40)27(30)52)9(34)21(46)24(49)12(6)37. The molecular formula is C30BF21O3. The van der Waals surface area contributed by atoms with Crippen LogP contribution in [0.25, 0.3) is 32.3 Å². The van der Waals surface area contributed by atoms with E-state index in [2.05, 4.69) is 14.0 Å². The van der Waals surface area contributed by atoms with Gasteiger partial charge in [-0.05, 0) is 0 Å². The molecule has 3 nitrogen and oxygen atoms in total. The van der Waals surface area contributed by atoms with E-state index < -0.39 is 179 Å². The average molecular weight is 818 g/mol. The summed E-state index contributed by atoms with van der Waals surface area (Å²) in [5, 5.41) is -14.4. The van der Waals surface area contributed by atoms with Crippen molar-refractivity contribution in [1.29, 1.82) is 0 Å². The molecular weight excluding hydrogens is 818 g/mol. The lowest BCUT2D eigenvalue weighted by Crippen LogP contribution is -2.39. The third kappa shape index (κ3) is 5.36. The van der Waals surface area contributed by atoms with Crippen molar-refractivity contribution >= 4 is 39.6 Å². The Bertz CT molecular complexity index is 2430. The van der Waals surface area contributed by atoms with Gasteiger partial charge in [0.05, 0.1) is 32.3 Å². The monoisotopic (exact) mass is 818 g/mol. The summed E-state index contributed by atoms with van der Waals surface area (Å²) >= 11 is 0. The molecule has 0 fully saturated rings. The van der Waals surface area contributed by atoms with Gasteiger partial charge in [0.1, 0.15) is 0 Å². The van der Waals surface area contributed by atoms with E-state index in [0.29, 0.717) is 0 Å². The minimum Gasteiger partial charge on any atom is -0.484 e. The molecule has 0 aliphatic heterocycles. The van der Waals surface area contributed by atoms with Crippen LogP contribution in [-0.2, 0) is 0 Å². The first-order chi connectivity index (χ1) is 25.6. The van der Waals surface area contributed by atoms with Gasteiger partial charge in [-0.25, -0.2) is 79.0 Å². The Labute approximate surface area is 285 Å². The molecule has 55 heavy (non-hydrogen) atoms. The summed E-state index contributed by atoms with van der Waals surface area (Å²) in [6.07, 6.45) is 0. The Balaban J connectivity index is 1.65. The van der Waals surface area contributed by atoms with Crippen molar-refractivity contribution in [2.45, 2.75) is 0 Å². The van der Waals surface area contributed by atoms with E-state index in [0.717, 1.165) is 0 Å².